The van der Waals surface area contributed by atoms with Crippen molar-refractivity contribution in [1.29, 1.82) is 0 Å². The quantitative estimate of drug-likeness (QED) is 0.787. The van der Waals surface area contributed by atoms with Crippen molar-refractivity contribution >= 4 is 29.1 Å². The van der Waals surface area contributed by atoms with Gasteiger partial charge in [0.15, 0.2) is 0 Å². The molecule has 2 heterocycles. The number of nitrogens with one attached hydrogen (secondary N) is 2. The summed E-state index contributed by atoms with van der Waals surface area (Å²) in [7, 11) is 0. The van der Waals surface area contributed by atoms with Crippen LogP contribution in [0.25, 0.3) is 0 Å². The molecular weight excluding hydrogens is 346 g/mol. The maximum absolute atomic E-state index is 12.4. The Labute approximate surface area is 158 Å². The minimum atomic E-state index is -0.685. The molecule has 1 saturated heterocycles. The van der Waals surface area contributed by atoms with Crippen molar-refractivity contribution in [1.82, 2.24) is 5.32 Å². The van der Waals surface area contributed by atoms with Gasteiger partial charge in [0.25, 0.3) is 0 Å². The lowest BCUT2D eigenvalue weighted by Gasteiger charge is -2.30. The predicted molar refractivity (Wildman–Crippen MR) is 100 cm³/mol. The molecule has 3 aliphatic rings. The number of benzene rings is 1. The van der Waals surface area contributed by atoms with Gasteiger partial charge in [-0.05, 0) is 62.3 Å². The highest BCUT2D eigenvalue weighted by Gasteiger charge is 2.35. The highest BCUT2D eigenvalue weighted by atomic mass is 16.5. The molecule has 2 fully saturated rings. The van der Waals surface area contributed by atoms with E-state index in [-0.39, 0.29) is 17.9 Å². The van der Waals surface area contributed by atoms with Crippen LogP contribution in [-0.2, 0) is 25.5 Å². The van der Waals surface area contributed by atoms with E-state index in [2.05, 4.69) is 10.6 Å². The average molecular weight is 371 g/mol. The van der Waals surface area contributed by atoms with Crippen molar-refractivity contribution in [3.05, 3.63) is 23.8 Å². The van der Waals surface area contributed by atoms with E-state index in [9.17, 15) is 14.4 Å². The molecule has 7 nitrogen and oxygen atoms in total. The van der Waals surface area contributed by atoms with Crippen LogP contribution >= 0.6 is 0 Å². The minimum Gasteiger partial charge on any atom is -0.376 e. The van der Waals surface area contributed by atoms with Crippen LogP contribution in [0.5, 0.6) is 0 Å². The van der Waals surface area contributed by atoms with E-state index in [0.717, 1.165) is 56.3 Å². The molecule has 1 saturated carbocycles. The highest BCUT2D eigenvalue weighted by molar-refractivity contribution is 6.39. The maximum atomic E-state index is 12.4. The molecule has 2 N–H and O–H groups in total. The van der Waals surface area contributed by atoms with Gasteiger partial charge in [-0.1, -0.05) is 0 Å². The number of amides is 3. The second kappa shape index (κ2) is 7.68. The lowest BCUT2D eigenvalue weighted by molar-refractivity contribution is -0.136. The molecule has 4 rings (SSSR count). The van der Waals surface area contributed by atoms with Crippen LogP contribution in [-0.4, -0.2) is 43.5 Å². The summed E-state index contributed by atoms with van der Waals surface area (Å²) in [5.74, 6) is -0.951. The van der Waals surface area contributed by atoms with Crippen molar-refractivity contribution in [2.45, 2.75) is 44.6 Å². The first-order valence-electron chi connectivity index (χ1n) is 9.77. The van der Waals surface area contributed by atoms with E-state index in [4.69, 9.17) is 4.74 Å². The van der Waals surface area contributed by atoms with Crippen LogP contribution < -0.4 is 15.5 Å². The van der Waals surface area contributed by atoms with Gasteiger partial charge in [-0.25, -0.2) is 0 Å². The molecule has 1 aliphatic carbocycles. The number of hydrogen-bond acceptors (Lipinski definition) is 4. The van der Waals surface area contributed by atoms with E-state index in [1.54, 1.807) is 6.07 Å². The molecule has 7 heteroatoms. The molecule has 0 bridgehead atoms. The summed E-state index contributed by atoms with van der Waals surface area (Å²) in [5, 5.41) is 5.27. The zero-order valence-electron chi connectivity index (χ0n) is 15.3. The van der Waals surface area contributed by atoms with Crippen LogP contribution in [0.3, 0.4) is 0 Å². The second-order valence-electron chi connectivity index (χ2n) is 7.51. The molecule has 0 spiro atoms. The van der Waals surface area contributed by atoms with E-state index in [0.29, 0.717) is 18.8 Å². The van der Waals surface area contributed by atoms with Crippen LogP contribution in [0.2, 0.25) is 0 Å². The Bertz CT molecular complexity index is 754. The Morgan fingerprint density at radius 3 is 2.70 bits per heavy atom. The number of aryl methyl sites for hydroxylation is 1. The third kappa shape index (κ3) is 4.13. The lowest BCUT2D eigenvalue weighted by atomic mass is 10.0. The summed E-state index contributed by atoms with van der Waals surface area (Å²) >= 11 is 0. The van der Waals surface area contributed by atoms with Crippen molar-refractivity contribution < 1.29 is 19.1 Å². The van der Waals surface area contributed by atoms with Crippen molar-refractivity contribution in [3.8, 4) is 0 Å². The molecule has 1 aromatic carbocycles. The molecular formula is C20H25N3O4. The molecule has 0 aromatic heterocycles. The van der Waals surface area contributed by atoms with Crippen molar-refractivity contribution in [3.63, 3.8) is 0 Å². The third-order valence-corrected chi connectivity index (χ3v) is 5.37. The fourth-order valence-electron chi connectivity index (χ4n) is 3.73. The van der Waals surface area contributed by atoms with E-state index < -0.39 is 11.8 Å². The van der Waals surface area contributed by atoms with Gasteiger partial charge < -0.3 is 20.3 Å². The van der Waals surface area contributed by atoms with Crippen LogP contribution in [0.1, 0.15) is 37.7 Å². The SMILES string of the molecule is O=C(NC[C@H]1CCCO1)C(=O)Nc1ccc2c(c1)CCCN2C(=O)C1CC1. The van der Waals surface area contributed by atoms with Gasteiger partial charge in [-0.3, -0.25) is 14.4 Å². The standard InChI is InChI=1S/C20H25N3O4/c24-18(21-12-16-4-2-10-27-16)19(25)22-15-7-8-17-14(11-15)3-1-9-23(17)20(26)13-5-6-13/h7-8,11,13,16H,1-6,9-10,12H2,(H,21,24)(H,22,25)/t16-/m1/s1. The van der Waals surface area contributed by atoms with Crippen molar-refractivity contribution in [2.75, 3.05) is 29.9 Å². The molecule has 27 heavy (non-hydrogen) atoms. The number of hydrogen-bond donors (Lipinski definition) is 2. The monoisotopic (exact) mass is 371 g/mol. The number of nitrogens with zero attached hydrogens (tertiary/aromatic N) is 1. The number of rotatable bonds is 4. The highest BCUT2D eigenvalue weighted by Crippen LogP contribution is 2.36. The fourth-order valence-corrected chi connectivity index (χ4v) is 3.73. The molecule has 0 radical (unpaired) electrons. The summed E-state index contributed by atoms with van der Waals surface area (Å²) in [6, 6.07) is 5.49. The summed E-state index contributed by atoms with van der Waals surface area (Å²) in [6.45, 7) is 1.82. The second-order valence-corrected chi connectivity index (χ2v) is 7.51. The Morgan fingerprint density at radius 2 is 1.96 bits per heavy atom. The smallest absolute Gasteiger partial charge is 0.313 e. The molecule has 2 aliphatic heterocycles. The fraction of sp³-hybridized carbons (Fsp3) is 0.550. The normalized spacial score (nSPS) is 21.5. The number of carbonyl (C=O) groups is 3. The van der Waals surface area contributed by atoms with Crippen LogP contribution in [0, 0.1) is 5.92 Å². The molecule has 1 aromatic rings. The van der Waals surface area contributed by atoms with Gasteiger partial charge >= 0.3 is 11.8 Å². The zero-order valence-corrected chi connectivity index (χ0v) is 15.3. The van der Waals surface area contributed by atoms with Gasteiger partial charge in [-0.15, -0.1) is 0 Å². The first-order valence-corrected chi connectivity index (χ1v) is 9.77. The zero-order chi connectivity index (χ0) is 18.8. The topological polar surface area (TPSA) is 87.7 Å². The Hall–Kier alpha value is -2.41. The Morgan fingerprint density at radius 1 is 1.11 bits per heavy atom. The number of carbonyl (C=O) groups excluding carboxylic acids is 3. The van der Waals surface area contributed by atoms with Crippen molar-refractivity contribution in [2.24, 2.45) is 5.92 Å². The van der Waals surface area contributed by atoms with Crippen LogP contribution in [0.15, 0.2) is 18.2 Å². The van der Waals surface area contributed by atoms with Gasteiger partial charge in [0.05, 0.1) is 6.10 Å². The minimum absolute atomic E-state index is 0.000446. The third-order valence-electron chi connectivity index (χ3n) is 5.37. The molecule has 3 amide bonds. The number of ether oxygens (including phenoxy) is 1. The lowest BCUT2D eigenvalue weighted by Crippen LogP contribution is -2.39. The summed E-state index contributed by atoms with van der Waals surface area (Å²) in [5.41, 5.74) is 2.54. The summed E-state index contributed by atoms with van der Waals surface area (Å²) in [6.07, 6.45) is 5.63. The van der Waals surface area contributed by atoms with Gasteiger partial charge in [-0.2, -0.15) is 0 Å². The molecule has 0 unspecified atom stereocenters. The van der Waals surface area contributed by atoms with E-state index >= 15 is 0 Å². The van der Waals surface area contributed by atoms with Gasteiger partial charge in [0, 0.05) is 37.0 Å². The van der Waals surface area contributed by atoms with Gasteiger partial charge in [0.1, 0.15) is 0 Å². The number of anilines is 2. The maximum Gasteiger partial charge on any atom is 0.313 e. The van der Waals surface area contributed by atoms with Gasteiger partial charge in [0.2, 0.25) is 5.91 Å². The molecule has 1 atom stereocenters. The van der Waals surface area contributed by atoms with Crippen LogP contribution in [0.4, 0.5) is 11.4 Å². The average Bonchev–Trinajstić information content (AvgIpc) is 3.40. The largest absolute Gasteiger partial charge is 0.376 e. The molecule has 144 valence electrons. The first-order chi connectivity index (χ1) is 13.1. The summed E-state index contributed by atoms with van der Waals surface area (Å²) in [4.78, 5) is 38.4. The van der Waals surface area contributed by atoms with E-state index in [1.165, 1.54) is 0 Å². The Balaban J connectivity index is 1.37. The Kier molecular flexibility index (Phi) is 5.11. The summed E-state index contributed by atoms with van der Waals surface area (Å²) < 4.78 is 5.44. The number of fused-ring (bicyclic) bond motifs is 1. The first kappa shape index (κ1) is 18.0. The van der Waals surface area contributed by atoms with E-state index in [1.807, 2.05) is 17.0 Å². The predicted octanol–water partition coefficient (Wildman–Crippen LogP) is 1.61.